The molecule has 0 aliphatic carbocycles. The fourth-order valence-electron chi connectivity index (χ4n) is 2.77. The molecule has 0 radical (unpaired) electrons. The van der Waals surface area contributed by atoms with Gasteiger partial charge < -0.3 is 10.1 Å². The van der Waals surface area contributed by atoms with E-state index in [2.05, 4.69) is 10.3 Å². The van der Waals surface area contributed by atoms with Crippen LogP contribution in [0.5, 0.6) is 0 Å². The molecule has 1 amide bonds. The zero-order valence-electron chi connectivity index (χ0n) is 14.4. The van der Waals surface area contributed by atoms with Gasteiger partial charge in [-0.2, -0.15) is 0 Å². The third kappa shape index (κ3) is 3.10. The summed E-state index contributed by atoms with van der Waals surface area (Å²) in [5, 5.41) is 2.84. The van der Waals surface area contributed by atoms with Gasteiger partial charge in [-0.3, -0.25) is 9.20 Å². The highest BCUT2D eigenvalue weighted by Crippen LogP contribution is 2.19. The Morgan fingerprint density at radius 3 is 2.76 bits per heavy atom. The van der Waals surface area contributed by atoms with Crippen molar-refractivity contribution >= 4 is 23.2 Å². The number of nitrogens with one attached hydrogen (secondary N) is 1. The van der Waals surface area contributed by atoms with Crippen molar-refractivity contribution in [1.29, 1.82) is 0 Å². The van der Waals surface area contributed by atoms with E-state index < -0.39 is 5.97 Å². The quantitative estimate of drug-likeness (QED) is 0.742. The van der Waals surface area contributed by atoms with Crippen LogP contribution in [0, 0.1) is 6.92 Å². The van der Waals surface area contributed by atoms with Gasteiger partial charge in [-0.1, -0.05) is 19.1 Å². The molecule has 1 aromatic carbocycles. The molecule has 25 heavy (non-hydrogen) atoms. The Bertz CT molecular complexity index is 960. The zero-order chi connectivity index (χ0) is 18.0. The monoisotopic (exact) mass is 337 g/mol. The van der Waals surface area contributed by atoms with Crippen LogP contribution in [-0.2, 0) is 11.2 Å². The summed E-state index contributed by atoms with van der Waals surface area (Å²) >= 11 is 0. The molecule has 0 spiro atoms. The average molecular weight is 337 g/mol. The predicted octanol–water partition coefficient (Wildman–Crippen LogP) is 3.24. The molecular weight excluding hydrogens is 318 g/mol. The van der Waals surface area contributed by atoms with Crippen LogP contribution >= 0.6 is 0 Å². The smallest absolute Gasteiger partial charge is 0.337 e. The molecule has 0 aliphatic rings. The van der Waals surface area contributed by atoms with Crippen molar-refractivity contribution in [3.63, 3.8) is 0 Å². The second-order valence-electron chi connectivity index (χ2n) is 5.67. The molecule has 1 N–H and O–H groups in total. The molecule has 6 nitrogen and oxygen atoms in total. The fourth-order valence-corrected chi connectivity index (χ4v) is 2.77. The maximum atomic E-state index is 12.8. The van der Waals surface area contributed by atoms with E-state index in [1.54, 1.807) is 28.7 Å². The Labute approximate surface area is 145 Å². The first kappa shape index (κ1) is 16.7. The first-order chi connectivity index (χ1) is 12.0. The standard InChI is InChI=1S/C19H19N3O3/c1-4-15-16(22-10-6-7-12(2)17(22)21-15)18(23)20-14-9-5-8-13(11-14)19(24)25-3/h5-11H,4H2,1-3H3,(H,20,23). The van der Waals surface area contributed by atoms with Crippen LogP contribution in [0.15, 0.2) is 42.6 Å². The average Bonchev–Trinajstić information content (AvgIpc) is 3.01. The fraction of sp³-hybridized carbons (Fsp3) is 0.211. The van der Waals surface area contributed by atoms with Crippen LogP contribution in [-0.4, -0.2) is 28.4 Å². The minimum absolute atomic E-state index is 0.267. The number of esters is 1. The van der Waals surface area contributed by atoms with E-state index >= 15 is 0 Å². The molecule has 0 atom stereocenters. The van der Waals surface area contributed by atoms with E-state index in [1.807, 2.05) is 32.2 Å². The first-order valence-corrected chi connectivity index (χ1v) is 8.01. The van der Waals surface area contributed by atoms with Crippen LogP contribution < -0.4 is 5.32 Å². The van der Waals surface area contributed by atoms with Crippen molar-refractivity contribution in [2.75, 3.05) is 12.4 Å². The second-order valence-corrected chi connectivity index (χ2v) is 5.67. The number of anilines is 1. The number of imidazole rings is 1. The summed E-state index contributed by atoms with van der Waals surface area (Å²) < 4.78 is 6.51. The van der Waals surface area contributed by atoms with E-state index in [-0.39, 0.29) is 5.91 Å². The Kier molecular flexibility index (Phi) is 4.52. The van der Waals surface area contributed by atoms with E-state index in [4.69, 9.17) is 4.74 Å². The number of carbonyl (C=O) groups is 2. The van der Waals surface area contributed by atoms with E-state index in [0.29, 0.717) is 23.4 Å². The second kappa shape index (κ2) is 6.76. The van der Waals surface area contributed by atoms with Crippen molar-refractivity contribution in [2.45, 2.75) is 20.3 Å². The SMILES string of the molecule is CCc1nc2c(C)cccn2c1C(=O)Nc1cccc(C(=O)OC)c1. The molecule has 3 aromatic rings. The number of amides is 1. The van der Waals surface area contributed by atoms with E-state index in [0.717, 1.165) is 16.9 Å². The number of nitrogens with zero attached hydrogens (tertiary/aromatic N) is 2. The van der Waals surface area contributed by atoms with E-state index in [1.165, 1.54) is 7.11 Å². The molecule has 0 fully saturated rings. The summed E-state index contributed by atoms with van der Waals surface area (Å²) in [4.78, 5) is 29.1. The van der Waals surface area contributed by atoms with Crippen molar-refractivity contribution in [1.82, 2.24) is 9.38 Å². The number of carbonyl (C=O) groups excluding carboxylic acids is 2. The van der Waals surface area contributed by atoms with Gasteiger partial charge in [0.05, 0.1) is 18.4 Å². The highest BCUT2D eigenvalue weighted by atomic mass is 16.5. The normalized spacial score (nSPS) is 10.7. The molecule has 0 bridgehead atoms. The lowest BCUT2D eigenvalue weighted by Gasteiger charge is -2.08. The summed E-state index contributed by atoms with van der Waals surface area (Å²) in [5.41, 5.74) is 3.92. The van der Waals surface area contributed by atoms with Gasteiger partial charge in [0.15, 0.2) is 0 Å². The van der Waals surface area contributed by atoms with Crippen LogP contribution in [0.1, 0.15) is 39.0 Å². The topological polar surface area (TPSA) is 72.7 Å². The number of pyridine rings is 1. The lowest BCUT2D eigenvalue weighted by molar-refractivity contribution is 0.0600. The molecule has 0 unspecified atom stereocenters. The third-order valence-electron chi connectivity index (χ3n) is 4.01. The number of hydrogen-bond donors (Lipinski definition) is 1. The molecule has 0 aliphatic heterocycles. The summed E-state index contributed by atoms with van der Waals surface area (Å²) in [7, 11) is 1.32. The Morgan fingerprint density at radius 1 is 1.24 bits per heavy atom. The largest absolute Gasteiger partial charge is 0.465 e. The zero-order valence-corrected chi connectivity index (χ0v) is 14.4. The molecule has 0 saturated heterocycles. The van der Waals surface area contributed by atoms with Gasteiger partial charge in [0.1, 0.15) is 11.3 Å². The van der Waals surface area contributed by atoms with Gasteiger partial charge in [-0.05, 0) is 43.2 Å². The minimum atomic E-state index is -0.448. The number of methoxy groups -OCH3 is 1. The van der Waals surface area contributed by atoms with Gasteiger partial charge in [-0.25, -0.2) is 9.78 Å². The first-order valence-electron chi connectivity index (χ1n) is 8.01. The Hall–Kier alpha value is -3.15. The lowest BCUT2D eigenvalue weighted by atomic mass is 10.2. The van der Waals surface area contributed by atoms with Gasteiger partial charge in [0.2, 0.25) is 0 Å². The molecule has 2 heterocycles. The van der Waals surface area contributed by atoms with Crippen molar-refractivity contribution < 1.29 is 14.3 Å². The predicted molar refractivity (Wildman–Crippen MR) is 95.0 cm³/mol. The third-order valence-corrected chi connectivity index (χ3v) is 4.01. The molecule has 3 rings (SSSR count). The maximum Gasteiger partial charge on any atom is 0.337 e. The molecule has 128 valence electrons. The summed E-state index contributed by atoms with van der Waals surface area (Å²) in [6.07, 6.45) is 2.47. The van der Waals surface area contributed by atoms with Crippen LogP contribution in [0.2, 0.25) is 0 Å². The number of ether oxygens (including phenoxy) is 1. The summed E-state index contributed by atoms with van der Waals surface area (Å²) in [6.45, 7) is 3.93. The van der Waals surface area contributed by atoms with Crippen LogP contribution in [0.3, 0.4) is 0 Å². The minimum Gasteiger partial charge on any atom is -0.465 e. The number of aromatic nitrogens is 2. The molecule has 0 saturated carbocycles. The van der Waals surface area contributed by atoms with Crippen molar-refractivity contribution in [3.8, 4) is 0 Å². The number of benzene rings is 1. The maximum absolute atomic E-state index is 12.8. The summed E-state index contributed by atoms with van der Waals surface area (Å²) in [5.74, 6) is -0.715. The summed E-state index contributed by atoms with van der Waals surface area (Å²) in [6, 6.07) is 10.5. The Balaban J connectivity index is 1.98. The number of hydrogen-bond acceptors (Lipinski definition) is 4. The van der Waals surface area contributed by atoms with Gasteiger partial charge in [0.25, 0.3) is 5.91 Å². The number of aryl methyl sites for hydroxylation is 2. The van der Waals surface area contributed by atoms with Gasteiger partial charge in [0, 0.05) is 11.9 Å². The number of fused-ring (bicyclic) bond motifs is 1. The van der Waals surface area contributed by atoms with Crippen molar-refractivity contribution in [2.24, 2.45) is 0 Å². The molecule has 6 heteroatoms. The van der Waals surface area contributed by atoms with E-state index in [9.17, 15) is 9.59 Å². The van der Waals surface area contributed by atoms with Crippen LogP contribution in [0.25, 0.3) is 5.65 Å². The van der Waals surface area contributed by atoms with Gasteiger partial charge in [-0.15, -0.1) is 0 Å². The molecular formula is C19H19N3O3. The molecule has 2 aromatic heterocycles. The van der Waals surface area contributed by atoms with Crippen molar-refractivity contribution in [3.05, 3.63) is 65.1 Å². The lowest BCUT2D eigenvalue weighted by Crippen LogP contribution is -2.16. The highest BCUT2D eigenvalue weighted by molar-refractivity contribution is 6.05. The van der Waals surface area contributed by atoms with Gasteiger partial charge >= 0.3 is 5.97 Å². The van der Waals surface area contributed by atoms with Crippen LogP contribution in [0.4, 0.5) is 5.69 Å². The Morgan fingerprint density at radius 2 is 2.04 bits per heavy atom. The number of rotatable bonds is 4. The highest BCUT2D eigenvalue weighted by Gasteiger charge is 2.19.